The Morgan fingerprint density at radius 1 is 1.30 bits per heavy atom. The number of rotatable bonds is 1. The topological polar surface area (TPSA) is 42.0 Å². The lowest BCUT2D eigenvalue weighted by molar-refractivity contribution is -0.0368. The molecule has 1 aromatic carbocycles. The lowest BCUT2D eigenvalue weighted by Crippen LogP contribution is -2.48. The van der Waals surface area contributed by atoms with Crippen LogP contribution in [-0.2, 0) is 10.2 Å². The predicted molar refractivity (Wildman–Crippen MR) is 87.0 cm³/mol. The number of fused-ring (bicyclic) bond motifs is 2. The quantitative estimate of drug-likeness (QED) is 0.788. The number of benzene rings is 1. The monoisotopic (exact) mass is 316 g/mol. The molecule has 1 aromatic rings. The predicted octanol–water partition coefficient (Wildman–Crippen LogP) is 1.51. The van der Waals surface area contributed by atoms with Crippen molar-refractivity contribution in [3.8, 4) is 5.75 Å². The fourth-order valence-electron chi connectivity index (χ4n) is 3.92. The van der Waals surface area contributed by atoms with Crippen LogP contribution in [0.2, 0.25) is 0 Å². The van der Waals surface area contributed by atoms with Crippen molar-refractivity contribution < 1.29 is 14.3 Å². The van der Waals surface area contributed by atoms with Crippen LogP contribution >= 0.6 is 0 Å². The van der Waals surface area contributed by atoms with Gasteiger partial charge in [-0.2, -0.15) is 0 Å². The van der Waals surface area contributed by atoms with Crippen LogP contribution in [0.25, 0.3) is 0 Å². The largest absolute Gasteiger partial charge is 0.492 e. The number of para-hydroxylation sites is 1. The third-order valence-electron chi connectivity index (χ3n) is 5.42. The summed E-state index contributed by atoms with van der Waals surface area (Å²) >= 11 is 0. The molecule has 4 rings (SSSR count). The van der Waals surface area contributed by atoms with Gasteiger partial charge < -0.3 is 14.4 Å². The summed E-state index contributed by atoms with van der Waals surface area (Å²) in [6, 6.07) is 6.23. The van der Waals surface area contributed by atoms with Crippen molar-refractivity contribution in [2.45, 2.75) is 31.4 Å². The lowest BCUT2D eigenvalue weighted by Gasteiger charge is -2.33. The lowest BCUT2D eigenvalue weighted by atomic mass is 9.86. The highest BCUT2D eigenvalue weighted by Gasteiger charge is 2.42. The van der Waals surface area contributed by atoms with E-state index in [2.05, 4.69) is 31.9 Å². The molecule has 2 atom stereocenters. The van der Waals surface area contributed by atoms with Gasteiger partial charge in [-0.1, -0.05) is 26.0 Å². The highest BCUT2D eigenvalue weighted by atomic mass is 16.5. The first-order valence-corrected chi connectivity index (χ1v) is 8.35. The number of morpholine rings is 1. The molecule has 0 N–H and O–H groups in total. The van der Waals surface area contributed by atoms with Crippen molar-refractivity contribution in [3.05, 3.63) is 29.3 Å². The normalized spacial score (nSPS) is 29.1. The second kappa shape index (κ2) is 5.21. The number of nitrogens with zero attached hydrogens (tertiary/aromatic N) is 2. The summed E-state index contributed by atoms with van der Waals surface area (Å²) in [7, 11) is 2.11. The SMILES string of the molecule is CN1CCO[C@@H]2CN(C(=O)c3cccc4c3OCC4(C)C)C[C@@H]21. The Morgan fingerprint density at radius 3 is 2.91 bits per heavy atom. The minimum Gasteiger partial charge on any atom is -0.492 e. The van der Waals surface area contributed by atoms with E-state index in [1.165, 1.54) is 0 Å². The molecule has 0 spiro atoms. The van der Waals surface area contributed by atoms with E-state index in [1.54, 1.807) is 0 Å². The van der Waals surface area contributed by atoms with Crippen LogP contribution in [0.5, 0.6) is 5.75 Å². The Hall–Kier alpha value is -1.59. The maximum Gasteiger partial charge on any atom is 0.257 e. The van der Waals surface area contributed by atoms with Crippen LogP contribution in [0.1, 0.15) is 29.8 Å². The molecular weight excluding hydrogens is 292 g/mol. The first kappa shape index (κ1) is 15.0. The molecule has 0 saturated carbocycles. The minimum atomic E-state index is -0.0338. The van der Waals surface area contributed by atoms with Crippen LogP contribution < -0.4 is 4.74 Å². The van der Waals surface area contributed by atoms with E-state index in [-0.39, 0.29) is 17.4 Å². The van der Waals surface area contributed by atoms with Crippen molar-refractivity contribution in [2.75, 3.05) is 39.9 Å². The second-order valence-corrected chi connectivity index (χ2v) is 7.52. The van der Waals surface area contributed by atoms with Crippen LogP contribution in [0.4, 0.5) is 0 Å². The summed E-state index contributed by atoms with van der Waals surface area (Å²) in [5, 5.41) is 0. The average molecular weight is 316 g/mol. The number of hydrogen-bond acceptors (Lipinski definition) is 4. The Kier molecular flexibility index (Phi) is 3.39. The fourth-order valence-corrected chi connectivity index (χ4v) is 3.92. The van der Waals surface area contributed by atoms with Crippen molar-refractivity contribution >= 4 is 5.91 Å². The molecule has 2 saturated heterocycles. The standard InChI is InChI=1S/C18H24N2O3/c1-18(2)11-23-16-12(5-4-6-13(16)18)17(21)20-9-14-15(10-20)22-8-7-19(14)3/h4-6,14-15H,7-11H2,1-3H3/t14-,15+/m0/s1. The molecule has 0 aromatic heterocycles. The molecule has 3 aliphatic rings. The minimum absolute atomic E-state index is 0.0338. The molecule has 1 amide bonds. The van der Waals surface area contributed by atoms with E-state index in [4.69, 9.17) is 9.47 Å². The first-order chi connectivity index (χ1) is 11.0. The number of ether oxygens (including phenoxy) is 2. The van der Waals surface area contributed by atoms with Gasteiger partial charge >= 0.3 is 0 Å². The number of amides is 1. The maximum atomic E-state index is 13.0. The molecule has 2 fully saturated rings. The molecule has 0 aliphatic carbocycles. The zero-order valence-electron chi connectivity index (χ0n) is 14.0. The molecule has 5 nitrogen and oxygen atoms in total. The van der Waals surface area contributed by atoms with E-state index in [0.29, 0.717) is 24.8 Å². The maximum absolute atomic E-state index is 13.0. The van der Waals surface area contributed by atoms with Crippen LogP contribution in [0.3, 0.4) is 0 Å². The Labute approximate surface area is 137 Å². The van der Waals surface area contributed by atoms with E-state index < -0.39 is 0 Å². The van der Waals surface area contributed by atoms with Gasteiger partial charge in [0.1, 0.15) is 5.75 Å². The molecule has 0 bridgehead atoms. The van der Waals surface area contributed by atoms with Gasteiger partial charge in [0.15, 0.2) is 0 Å². The van der Waals surface area contributed by atoms with Gasteiger partial charge in [0.05, 0.1) is 30.9 Å². The number of hydrogen-bond donors (Lipinski definition) is 0. The summed E-state index contributed by atoms with van der Waals surface area (Å²) in [6.07, 6.45) is 0.131. The van der Waals surface area contributed by atoms with Gasteiger partial charge in [-0.25, -0.2) is 0 Å². The number of likely N-dealkylation sites (N-methyl/N-ethyl adjacent to an activating group) is 1. The Balaban J connectivity index is 1.61. The molecular formula is C18H24N2O3. The number of likely N-dealkylation sites (tertiary alicyclic amines) is 1. The highest BCUT2D eigenvalue weighted by molar-refractivity contribution is 5.98. The molecule has 3 aliphatic heterocycles. The van der Waals surface area contributed by atoms with Crippen molar-refractivity contribution in [2.24, 2.45) is 0 Å². The molecule has 0 unspecified atom stereocenters. The zero-order chi connectivity index (χ0) is 16.2. The fraction of sp³-hybridized carbons (Fsp3) is 0.611. The van der Waals surface area contributed by atoms with E-state index in [1.807, 2.05) is 17.0 Å². The first-order valence-electron chi connectivity index (χ1n) is 8.35. The van der Waals surface area contributed by atoms with Gasteiger partial charge in [0, 0.05) is 30.6 Å². The third-order valence-corrected chi connectivity index (χ3v) is 5.42. The van der Waals surface area contributed by atoms with Crippen molar-refractivity contribution in [1.82, 2.24) is 9.80 Å². The number of carbonyl (C=O) groups is 1. The summed E-state index contributed by atoms with van der Waals surface area (Å²) in [6.45, 7) is 8.01. The second-order valence-electron chi connectivity index (χ2n) is 7.52. The van der Waals surface area contributed by atoms with Crippen LogP contribution in [0, 0.1) is 0 Å². The van der Waals surface area contributed by atoms with Crippen molar-refractivity contribution in [3.63, 3.8) is 0 Å². The average Bonchev–Trinajstić information content (AvgIpc) is 3.09. The Bertz CT molecular complexity index is 643. The molecule has 3 heterocycles. The third kappa shape index (κ3) is 2.34. The van der Waals surface area contributed by atoms with Crippen LogP contribution in [-0.4, -0.2) is 67.7 Å². The summed E-state index contributed by atoms with van der Waals surface area (Å²) in [5.74, 6) is 0.831. The van der Waals surface area contributed by atoms with E-state index >= 15 is 0 Å². The van der Waals surface area contributed by atoms with E-state index in [9.17, 15) is 4.79 Å². The Morgan fingerprint density at radius 2 is 2.13 bits per heavy atom. The van der Waals surface area contributed by atoms with Gasteiger partial charge in [0.2, 0.25) is 0 Å². The summed E-state index contributed by atoms with van der Waals surface area (Å²) in [5.41, 5.74) is 1.79. The van der Waals surface area contributed by atoms with E-state index in [0.717, 1.165) is 31.0 Å². The zero-order valence-corrected chi connectivity index (χ0v) is 14.0. The van der Waals surface area contributed by atoms with Gasteiger partial charge in [-0.3, -0.25) is 9.69 Å². The van der Waals surface area contributed by atoms with Gasteiger partial charge in [-0.15, -0.1) is 0 Å². The molecule has 0 radical (unpaired) electrons. The molecule has 23 heavy (non-hydrogen) atoms. The van der Waals surface area contributed by atoms with Gasteiger partial charge in [0.25, 0.3) is 5.91 Å². The van der Waals surface area contributed by atoms with Crippen LogP contribution in [0.15, 0.2) is 18.2 Å². The smallest absolute Gasteiger partial charge is 0.257 e. The highest BCUT2D eigenvalue weighted by Crippen LogP contribution is 2.41. The summed E-state index contributed by atoms with van der Waals surface area (Å²) in [4.78, 5) is 17.3. The van der Waals surface area contributed by atoms with Crippen molar-refractivity contribution in [1.29, 1.82) is 0 Å². The number of carbonyl (C=O) groups excluding carboxylic acids is 1. The molecule has 124 valence electrons. The molecule has 5 heteroatoms. The summed E-state index contributed by atoms with van der Waals surface area (Å²) < 4.78 is 11.7. The van der Waals surface area contributed by atoms with Gasteiger partial charge in [-0.05, 0) is 13.1 Å².